The quantitative estimate of drug-likeness (QED) is 0.755. The zero-order valence-corrected chi connectivity index (χ0v) is 14.3. The lowest BCUT2D eigenvalue weighted by molar-refractivity contribution is 0.280. The molecule has 5 nitrogen and oxygen atoms in total. The molecular weight excluding hydrogens is 310 g/mol. The molecule has 0 aliphatic carbocycles. The van der Waals surface area contributed by atoms with Gasteiger partial charge in [-0.25, -0.2) is 4.98 Å². The first-order valence-electron chi connectivity index (χ1n) is 9.22. The Kier molecular flexibility index (Phi) is 3.48. The topological polar surface area (TPSA) is 56.8 Å². The Balaban J connectivity index is 1.57. The average molecular weight is 333 g/mol. The van der Waals surface area contributed by atoms with Gasteiger partial charge < -0.3 is 15.2 Å². The van der Waals surface area contributed by atoms with Crippen molar-refractivity contribution in [1.82, 2.24) is 20.3 Å². The molecule has 2 aliphatic heterocycles. The Morgan fingerprint density at radius 1 is 1.04 bits per heavy atom. The van der Waals surface area contributed by atoms with Crippen LogP contribution in [0.5, 0.6) is 0 Å². The third kappa shape index (κ3) is 2.50. The molecule has 1 spiro atoms. The molecule has 3 aromatic rings. The van der Waals surface area contributed by atoms with E-state index in [2.05, 4.69) is 37.3 Å². The van der Waals surface area contributed by atoms with Gasteiger partial charge in [-0.15, -0.1) is 0 Å². The van der Waals surface area contributed by atoms with Gasteiger partial charge in [0.1, 0.15) is 5.65 Å². The summed E-state index contributed by atoms with van der Waals surface area (Å²) in [5, 5.41) is 4.99. The number of fused-ring (bicyclic) bond motifs is 1. The number of rotatable bonds is 2. The zero-order chi connectivity index (χ0) is 16.7. The molecule has 128 valence electrons. The summed E-state index contributed by atoms with van der Waals surface area (Å²) in [6.07, 6.45) is 11.0. The van der Waals surface area contributed by atoms with Gasteiger partial charge in [0.05, 0.1) is 16.8 Å². The normalized spacial score (nSPS) is 23.6. The highest BCUT2D eigenvalue weighted by atomic mass is 15.2. The highest BCUT2D eigenvalue weighted by Crippen LogP contribution is 2.38. The lowest BCUT2D eigenvalue weighted by Crippen LogP contribution is -2.50. The predicted octanol–water partition coefficient (Wildman–Crippen LogP) is 3.35. The van der Waals surface area contributed by atoms with Crippen LogP contribution in [0.3, 0.4) is 0 Å². The Bertz CT molecular complexity index is 879. The molecule has 2 saturated heterocycles. The summed E-state index contributed by atoms with van der Waals surface area (Å²) in [6, 6.07) is 8.21. The van der Waals surface area contributed by atoms with Gasteiger partial charge in [-0.2, -0.15) is 0 Å². The number of pyridine rings is 2. The van der Waals surface area contributed by atoms with Gasteiger partial charge in [-0.3, -0.25) is 4.98 Å². The zero-order valence-electron chi connectivity index (χ0n) is 14.3. The number of hydrogen-bond acceptors (Lipinski definition) is 4. The van der Waals surface area contributed by atoms with E-state index in [4.69, 9.17) is 0 Å². The first kappa shape index (κ1) is 14.9. The number of piperidine rings is 1. The second-order valence-electron chi connectivity index (χ2n) is 7.31. The molecule has 25 heavy (non-hydrogen) atoms. The van der Waals surface area contributed by atoms with Gasteiger partial charge in [0, 0.05) is 42.8 Å². The Hall–Kier alpha value is -2.40. The van der Waals surface area contributed by atoms with Gasteiger partial charge in [-0.05, 0) is 44.0 Å². The fourth-order valence-corrected chi connectivity index (χ4v) is 4.48. The van der Waals surface area contributed by atoms with Crippen LogP contribution < -0.4 is 10.2 Å². The SMILES string of the molecule is c1ccc(-c2c[nH]c3nccc(N4CCC5(CCCCN5)C4)c23)nc1. The van der Waals surface area contributed by atoms with Crippen molar-refractivity contribution in [2.45, 2.75) is 31.2 Å². The number of hydrogen-bond donors (Lipinski definition) is 2. The number of anilines is 1. The lowest BCUT2D eigenvalue weighted by Gasteiger charge is -2.35. The summed E-state index contributed by atoms with van der Waals surface area (Å²) in [5.41, 5.74) is 4.64. The van der Waals surface area contributed by atoms with Crippen LogP contribution in [-0.4, -0.2) is 40.1 Å². The van der Waals surface area contributed by atoms with Gasteiger partial charge in [0.25, 0.3) is 0 Å². The van der Waals surface area contributed by atoms with E-state index >= 15 is 0 Å². The van der Waals surface area contributed by atoms with E-state index in [0.29, 0.717) is 5.54 Å². The molecular formula is C20H23N5. The minimum atomic E-state index is 0.301. The fourth-order valence-electron chi connectivity index (χ4n) is 4.48. The summed E-state index contributed by atoms with van der Waals surface area (Å²) in [4.78, 5) is 14.9. The van der Waals surface area contributed by atoms with E-state index in [1.807, 2.05) is 30.7 Å². The van der Waals surface area contributed by atoms with Crippen molar-refractivity contribution in [3.05, 3.63) is 42.9 Å². The maximum Gasteiger partial charge on any atom is 0.140 e. The van der Waals surface area contributed by atoms with Crippen LogP contribution in [0.25, 0.3) is 22.3 Å². The number of aromatic nitrogens is 3. The van der Waals surface area contributed by atoms with Gasteiger partial charge in [0.2, 0.25) is 0 Å². The van der Waals surface area contributed by atoms with E-state index in [0.717, 1.165) is 36.5 Å². The van der Waals surface area contributed by atoms with Crippen LogP contribution in [0, 0.1) is 0 Å². The summed E-state index contributed by atoms with van der Waals surface area (Å²) < 4.78 is 0. The summed E-state index contributed by atoms with van der Waals surface area (Å²) in [7, 11) is 0. The summed E-state index contributed by atoms with van der Waals surface area (Å²) in [5.74, 6) is 0. The molecule has 0 radical (unpaired) electrons. The van der Waals surface area contributed by atoms with E-state index in [-0.39, 0.29) is 0 Å². The molecule has 5 heterocycles. The third-order valence-corrected chi connectivity index (χ3v) is 5.77. The van der Waals surface area contributed by atoms with Crippen molar-refractivity contribution in [2.24, 2.45) is 0 Å². The van der Waals surface area contributed by atoms with Gasteiger partial charge in [-0.1, -0.05) is 12.5 Å². The van der Waals surface area contributed by atoms with E-state index < -0.39 is 0 Å². The Morgan fingerprint density at radius 2 is 2.04 bits per heavy atom. The molecule has 5 heteroatoms. The molecule has 1 atom stereocenters. The minimum absolute atomic E-state index is 0.301. The fraction of sp³-hybridized carbons (Fsp3) is 0.400. The molecule has 0 bridgehead atoms. The van der Waals surface area contributed by atoms with E-state index in [9.17, 15) is 0 Å². The molecule has 2 N–H and O–H groups in total. The van der Waals surface area contributed by atoms with Crippen LogP contribution in [0.2, 0.25) is 0 Å². The molecule has 2 fully saturated rings. The number of nitrogens with zero attached hydrogens (tertiary/aromatic N) is 3. The maximum atomic E-state index is 4.54. The number of nitrogens with one attached hydrogen (secondary N) is 2. The maximum absolute atomic E-state index is 4.54. The van der Waals surface area contributed by atoms with E-state index in [1.54, 1.807) is 0 Å². The highest BCUT2D eigenvalue weighted by molar-refractivity contribution is 6.02. The van der Waals surface area contributed by atoms with Crippen LogP contribution in [-0.2, 0) is 0 Å². The molecule has 2 aliphatic rings. The number of aromatic amines is 1. The van der Waals surface area contributed by atoms with Crippen molar-refractivity contribution in [2.75, 3.05) is 24.5 Å². The highest BCUT2D eigenvalue weighted by Gasteiger charge is 2.39. The summed E-state index contributed by atoms with van der Waals surface area (Å²) in [6.45, 7) is 3.33. The van der Waals surface area contributed by atoms with Crippen molar-refractivity contribution in [1.29, 1.82) is 0 Å². The average Bonchev–Trinajstić information content (AvgIpc) is 3.28. The third-order valence-electron chi connectivity index (χ3n) is 5.77. The van der Waals surface area contributed by atoms with Gasteiger partial charge in [0.15, 0.2) is 0 Å². The largest absolute Gasteiger partial charge is 0.369 e. The molecule has 1 unspecified atom stereocenters. The predicted molar refractivity (Wildman–Crippen MR) is 101 cm³/mol. The van der Waals surface area contributed by atoms with Crippen LogP contribution in [0.1, 0.15) is 25.7 Å². The monoisotopic (exact) mass is 333 g/mol. The van der Waals surface area contributed by atoms with Crippen molar-refractivity contribution >= 4 is 16.7 Å². The first-order chi connectivity index (χ1) is 12.3. The molecule has 0 saturated carbocycles. The molecule has 0 aromatic carbocycles. The van der Waals surface area contributed by atoms with Crippen LogP contribution >= 0.6 is 0 Å². The van der Waals surface area contributed by atoms with Gasteiger partial charge >= 0.3 is 0 Å². The van der Waals surface area contributed by atoms with Crippen LogP contribution in [0.15, 0.2) is 42.9 Å². The smallest absolute Gasteiger partial charge is 0.140 e. The number of H-pyrrole nitrogens is 1. The van der Waals surface area contributed by atoms with E-state index in [1.165, 1.54) is 36.8 Å². The van der Waals surface area contributed by atoms with Crippen LogP contribution in [0.4, 0.5) is 5.69 Å². The second kappa shape index (κ2) is 5.85. The Morgan fingerprint density at radius 3 is 2.88 bits per heavy atom. The molecule has 0 amide bonds. The first-order valence-corrected chi connectivity index (χ1v) is 9.22. The Labute approximate surface area is 147 Å². The molecule has 5 rings (SSSR count). The minimum Gasteiger partial charge on any atom is -0.369 e. The van der Waals surface area contributed by atoms with Crippen molar-refractivity contribution < 1.29 is 0 Å². The van der Waals surface area contributed by atoms with Crippen molar-refractivity contribution in [3.63, 3.8) is 0 Å². The van der Waals surface area contributed by atoms with Crippen molar-refractivity contribution in [3.8, 4) is 11.3 Å². The lowest BCUT2D eigenvalue weighted by atomic mass is 9.88. The summed E-state index contributed by atoms with van der Waals surface area (Å²) >= 11 is 0. The standard InChI is InChI=1S/C20H23N5/c1-3-9-21-16(5-1)15-13-23-19-18(15)17(6-11-22-19)25-12-8-20(14-25)7-2-4-10-24-20/h1,3,5-6,9,11,13,24H,2,4,7-8,10,12,14H2,(H,22,23). The molecule has 3 aromatic heterocycles. The second-order valence-corrected chi connectivity index (χ2v) is 7.31.